The molecule has 1 fully saturated rings. The van der Waals surface area contributed by atoms with E-state index in [1.807, 2.05) is 31.7 Å². The number of likely N-dealkylation sites (tertiary alicyclic amines) is 1. The monoisotopic (exact) mass is 344 g/mol. The molecule has 138 valence electrons. The Bertz CT molecular complexity index is 604. The van der Waals surface area contributed by atoms with E-state index in [1.165, 1.54) is 11.1 Å². The first-order valence-corrected chi connectivity index (χ1v) is 9.37. The van der Waals surface area contributed by atoms with Gasteiger partial charge in [0.15, 0.2) is 0 Å². The first kappa shape index (κ1) is 19.5. The highest BCUT2D eigenvalue weighted by Gasteiger charge is 2.26. The lowest BCUT2D eigenvalue weighted by atomic mass is 9.94. The van der Waals surface area contributed by atoms with Crippen LogP contribution in [0.5, 0.6) is 0 Å². The van der Waals surface area contributed by atoms with Gasteiger partial charge in [-0.25, -0.2) is 0 Å². The fraction of sp³-hybridized carbons (Fsp3) is 0.619. The summed E-state index contributed by atoms with van der Waals surface area (Å²) in [4.78, 5) is 26.5. The second kappa shape index (κ2) is 8.50. The summed E-state index contributed by atoms with van der Waals surface area (Å²) in [5.74, 6) is 0.673. The van der Waals surface area contributed by atoms with Crippen LogP contribution < -0.4 is 5.32 Å². The Balaban J connectivity index is 1.79. The fourth-order valence-electron chi connectivity index (χ4n) is 3.24. The van der Waals surface area contributed by atoms with Gasteiger partial charge in [-0.2, -0.15) is 0 Å². The molecule has 1 heterocycles. The zero-order valence-corrected chi connectivity index (χ0v) is 16.1. The predicted molar refractivity (Wildman–Crippen MR) is 101 cm³/mol. The molecule has 2 rings (SSSR count). The summed E-state index contributed by atoms with van der Waals surface area (Å²) in [6.07, 6.45) is 3.45. The number of piperidine rings is 1. The minimum atomic E-state index is -0.363. The maximum absolute atomic E-state index is 12.5. The van der Waals surface area contributed by atoms with E-state index in [0.29, 0.717) is 18.9 Å². The van der Waals surface area contributed by atoms with Crippen LogP contribution >= 0.6 is 0 Å². The first-order chi connectivity index (χ1) is 11.8. The minimum absolute atomic E-state index is 0.0791. The third-order valence-corrected chi connectivity index (χ3v) is 4.81. The molecule has 1 aliphatic rings. The van der Waals surface area contributed by atoms with Gasteiger partial charge in [-0.3, -0.25) is 9.59 Å². The topological polar surface area (TPSA) is 49.4 Å². The number of nitrogens with one attached hydrogen (secondary N) is 1. The summed E-state index contributed by atoms with van der Waals surface area (Å²) in [6.45, 7) is 10.1. The SMILES string of the molecule is Cc1cccc(CCC(=O)N2CCCC(CNC(=O)C(C)(C)C)C2)c1. The van der Waals surface area contributed by atoms with Crippen molar-refractivity contribution in [1.82, 2.24) is 10.2 Å². The zero-order chi connectivity index (χ0) is 18.4. The molecule has 1 aromatic carbocycles. The lowest BCUT2D eigenvalue weighted by Crippen LogP contribution is -2.45. The van der Waals surface area contributed by atoms with Crippen molar-refractivity contribution in [3.8, 4) is 0 Å². The van der Waals surface area contributed by atoms with Crippen LogP contribution in [0.3, 0.4) is 0 Å². The molecular weight excluding hydrogens is 312 g/mol. The van der Waals surface area contributed by atoms with Gasteiger partial charge in [-0.15, -0.1) is 0 Å². The van der Waals surface area contributed by atoms with Crippen LogP contribution in [0.4, 0.5) is 0 Å². The average Bonchev–Trinajstić information content (AvgIpc) is 2.57. The molecule has 1 aliphatic heterocycles. The van der Waals surface area contributed by atoms with Gasteiger partial charge in [0, 0.05) is 31.5 Å². The van der Waals surface area contributed by atoms with Crippen molar-refractivity contribution in [2.45, 2.75) is 53.4 Å². The summed E-state index contributed by atoms with van der Waals surface area (Å²) in [7, 11) is 0. The van der Waals surface area contributed by atoms with Gasteiger partial charge in [-0.05, 0) is 37.7 Å². The Kier molecular flexibility index (Phi) is 6.63. The third kappa shape index (κ3) is 6.18. The molecule has 25 heavy (non-hydrogen) atoms. The molecule has 0 aliphatic carbocycles. The highest BCUT2D eigenvalue weighted by Crippen LogP contribution is 2.19. The van der Waals surface area contributed by atoms with Gasteiger partial charge < -0.3 is 10.2 Å². The molecule has 0 bridgehead atoms. The number of carbonyl (C=O) groups is 2. The van der Waals surface area contributed by atoms with Crippen molar-refractivity contribution in [3.05, 3.63) is 35.4 Å². The largest absolute Gasteiger partial charge is 0.355 e. The van der Waals surface area contributed by atoms with E-state index in [4.69, 9.17) is 0 Å². The molecular formula is C21H32N2O2. The highest BCUT2D eigenvalue weighted by molar-refractivity contribution is 5.81. The number of amides is 2. The average molecular weight is 344 g/mol. The van der Waals surface area contributed by atoms with Crippen molar-refractivity contribution < 1.29 is 9.59 Å². The summed E-state index contributed by atoms with van der Waals surface area (Å²) in [5, 5.41) is 3.04. The number of nitrogens with zero attached hydrogens (tertiary/aromatic N) is 1. The predicted octanol–water partition coefficient (Wildman–Crippen LogP) is 3.33. The van der Waals surface area contributed by atoms with E-state index in [2.05, 4.69) is 30.4 Å². The van der Waals surface area contributed by atoms with Crippen molar-refractivity contribution in [2.75, 3.05) is 19.6 Å². The number of rotatable bonds is 5. The Hall–Kier alpha value is -1.84. The van der Waals surface area contributed by atoms with E-state index in [1.54, 1.807) is 0 Å². The van der Waals surface area contributed by atoms with Gasteiger partial charge in [0.2, 0.25) is 11.8 Å². The molecule has 0 spiro atoms. The zero-order valence-electron chi connectivity index (χ0n) is 16.1. The standard InChI is InChI=1S/C21H32N2O2/c1-16-7-5-8-17(13-16)10-11-19(24)23-12-6-9-18(15-23)14-22-20(25)21(2,3)4/h5,7-8,13,18H,6,9-12,14-15H2,1-4H3,(H,22,25). The second-order valence-electron chi connectivity index (χ2n) is 8.30. The van der Waals surface area contributed by atoms with E-state index in [0.717, 1.165) is 32.4 Å². The summed E-state index contributed by atoms with van der Waals surface area (Å²) in [6, 6.07) is 8.35. The Labute approximate surface area is 152 Å². The Morgan fingerprint density at radius 3 is 2.72 bits per heavy atom. The fourth-order valence-corrected chi connectivity index (χ4v) is 3.24. The molecule has 1 N–H and O–H groups in total. The third-order valence-electron chi connectivity index (χ3n) is 4.81. The van der Waals surface area contributed by atoms with E-state index in [-0.39, 0.29) is 17.2 Å². The van der Waals surface area contributed by atoms with Gasteiger partial charge in [0.05, 0.1) is 0 Å². The molecule has 4 heteroatoms. The Morgan fingerprint density at radius 2 is 2.04 bits per heavy atom. The molecule has 1 aromatic rings. The van der Waals surface area contributed by atoms with Crippen LogP contribution in [0, 0.1) is 18.3 Å². The van der Waals surface area contributed by atoms with Crippen molar-refractivity contribution in [2.24, 2.45) is 11.3 Å². The maximum Gasteiger partial charge on any atom is 0.225 e. The normalized spacial score (nSPS) is 18.1. The van der Waals surface area contributed by atoms with Gasteiger partial charge in [-0.1, -0.05) is 50.6 Å². The Morgan fingerprint density at radius 1 is 1.28 bits per heavy atom. The molecule has 0 saturated carbocycles. The number of hydrogen-bond donors (Lipinski definition) is 1. The van der Waals surface area contributed by atoms with Crippen molar-refractivity contribution >= 4 is 11.8 Å². The summed E-state index contributed by atoms with van der Waals surface area (Å²) in [5.41, 5.74) is 2.09. The molecule has 4 nitrogen and oxygen atoms in total. The van der Waals surface area contributed by atoms with Gasteiger partial charge in [0.1, 0.15) is 0 Å². The molecule has 0 aromatic heterocycles. The number of hydrogen-bond acceptors (Lipinski definition) is 2. The summed E-state index contributed by atoms with van der Waals surface area (Å²) >= 11 is 0. The van der Waals surface area contributed by atoms with Crippen LogP contribution in [-0.2, 0) is 16.0 Å². The van der Waals surface area contributed by atoms with E-state index in [9.17, 15) is 9.59 Å². The lowest BCUT2D eigenvalue weighted by Gasteiger charge is -2.33. The second-order valence-corrected chi connectivity index (χ2v) is 8.30. The molecule has 0 radical (unpaired) electrons. The van der Waals surface area contributed by atoms with Crippen LogP contribution in [-0.4, -0.2) is 36.3 Å². The van der Waals surface area contributed by atoms with Crippen LogP contribution in [0.1, 0.15) is 51.2 Å². The van der Waals surface area contributed by atoms with E-state index >= 15 is 0 Å². The first-order valence-electron chi connectivity index (χ1n) is 9.37. The molecule has 1 saturated heterocycles. The van der Waals surface area contributed by atoms with Crippen LogP contribution in [0.15, 0.2) is 24.3 Å². The van der Waals surface area contributed by atoms with E-state index < -0.39 is 0 Å². The molecule has 2 amide bonds. The van der Waals surface area contributed by atoms with Gasteiger partial charge >= 0.3 is 0 Å². The lowest BCUT2D eigenvalue weighted by molar-refractivity contribution is -0.133. The summed E-state index contributed by atoms with van der Waals surface area (Å²) < 4.78 is 0. The molecule has 1 unspecified atom stereocenters. The van der Waals surface area contributed by atoms with Gasteiger partial charge in [0.25, 0.3) is 0 Å². The number of benzene rings is 1. The highest BCUT2D eigenvalue weighted by atomic mass is 16.2. The van der Waals surface area contributed by atoms with Crippen LogP contribution in [0.2, 0.25) is 0 Å². The van der Waals surface area contributed by atoms with Crippen molar-refractivity contribution in [3.63, 3.8) is 0 Å². The number of carbonyl (C=O) groups excluding carboxylic acids is 2. The maximum atomic E-state index is 12.5. The molecule has 1 atom stereocenters. The number of aryl methyl sites for hydroxylation is 2. The quantitative estimate of drug-likeness (QED) is 0.891. The van der Waals surface area contributed by atoms with Crippen LogP contribution in [0.25, 0.3) is 0 Å². The smallest absolute Gasteiger partial charge is 0.225 e. The van der Waals surface area contributed by atoms with Crippen molar-refractivity contribution in [1.29, 1.82) is 0 Å². The minimum Gasteiger partial charge on any atom is -0.355 e.